The molecular weight excluding hydrogens is 398 g/mol. The Hall–Kier alpha value is -1.46. The Kier molecular flexibility index (Phi) is 7.41. The van der Waals surface area contributed by atoms with Gasteiger partial charge in [0.15, 0.2) is 0 Å². The van der Waals surface area contributed by atoms with E-state index in [1.54, 1.807) is 41.5 Å². The molecule has 2 fully saturated rings. The Morgan fingerprint density at radius 2 is 1.73 bits per heavy atom. The van der Waals surface area contributed by atoms with Crippen LogP contribution in [0.25, 0.3) is 0 Å². The minimum absolute atomic E-state index is 0.0567. The average Bonchev–Trinajstić information content (AvgIpc) is 2.94. The second-order valence-corrected chi connectivity index (χ2v) is 9.99. The van der Waals surface area contributed by atoms with Crippen LogP contribution in [0.1, 0.15) is 54.4 Å². The highest BCUT2D eigenvalue weighted by atomic mass is 16.6. The second-order valence-electron chi connectivity index (χ2n) is 9.99. The van der Waals surface area contributed by atoms with E-state index in [1.165, 1.54) is 0 Å². The number of fused-ring (bicyclic) bond motifs is 1. The van der Waals surface area contributed by atoms with Crippen molar-refractivity contribution in [1.29, 1.82) is 0 Å². The predicted molar refractivity (Wildman–Crippen MR) is 105 cm³/mol. The third-order valence-corrected chi connectivity index (χ3v) is 4.78. The van der Waals surface area contributed by atoms with Gasteiger partial charge in [0.1, 0.15) is 35.6 Å². The van der Waals surface area contributed by atoms with Gasteiger partial charge in [0, 0.05) is 12.8 Å². The van der Waals surface area contributed by atoms with Gasteiger partial charge < -0.3 is 39.6 Å². The number of aliphatic hydroxyl groups is 3. The molecule has 0 saturated carbocycles. The molecule has 174 valence electrons. The average molecular weight is 433 g/mol. The standard InChI is InChI=1S/C20H35NO9/c1-18(2,3)29-16(25)11(21-17(26)30-19(4,5)6)7-20(10-22)8-13-15(28-20)14(24)12(23)9-27-13/h11-15,22-24H,7-10H2,1-6H3,(H,21,26)/t11-,12+,13+,14+,15-,20+/m0/s1. The van der Waals surface area contributed by atoms with E-state index in [-0.39, 0.29) is 19.4 Å². The van der Waals surface area contributed by atoms with Crippen molar-refractivity contribution in [3.05, 3.63) is 0 Å². The van der Waals surface area contributed by atoms with Crippen LogP contribution in [0.4, 0.5) is 4.79 Å². The number of nitrogens with one attached hydrogen (secondary N) is 1. The zero-order valence-electron chi connectivity index (χ0n) is 18.5. The molecule has 2 aliphatic heterocycles. The summed E-state index contributed by atoms with van der Waals surface area (Å²) >= 11 is 0. The lowest BCUT2D eigenvalue weighted by molar-refractivity contribution is -0.193. The zero-order valence-corrected chi connectivity index (χ0v) is 18.5. The summed E-state index contributed by atoms with van der Waals surface area (Å²) in [6, 6.07) is -1.17. The summed E-state index contributed by atoms with van der Waals surface area (Å²) in [5, 5.41) is 32.6. The minimum Gasteiger partial charge on any atom is -0.458 e. The van der Waals surface area contributed by atoms with E-state index in [2.05, 4.69) is 5.32 Å². The van der Waals surface area contributed by atoms with Crippen molar-refractivity contribution in [2.45, 2.75) is 102 Å². The van der Waals surface area contributed by atoms with Crippen molar-refractivity contribution >= 4 is 12.1 Å². The molecule has 10 heteroatoms. The molecule has 0 radical (unpaired) electrons. The summed E-state index contributed by atoms with van der Waals surface area (Å²) in [7, 11) is 0. The van der Waals surface area contributed by atoms with Crippen molar-refractivity contribution in [2.24, 2.45) is 0 Å². The first-order valence-electron chi connectivity index (χ1n) is 10.1. The first-order chi connectivity index (χ1) is 13.6. The van der Waals surface area contributed by atoms with E-state index in [9.17, 15) is 24.9 Å². The van der Waals surface area contributed by atoms with Crippen LogP contribution in [-0.4, -0.2) is 87.9 Å². The van der Waals surface area contributed by atoms with Gasteiger partial charge in [-0.15, -0.1) is 0 Å². The smallest absolute Gasteiger partial charge is 0.408 e. The third kappa shape index (κ3) is 6.52. The van der Waals surface area contributed by atoms with Gasteiger partial charge in [-0.3, -0.25) is 0 Å². The number of aliphatic hydroxyl groups excluding tert-OH is 3. The number of carbonyl (C=O) groups excluding carboxylic acids is 2. The fourth-order valence-electron chi connectivity index (χ4n) is 3.56. The number of alkyl carbamates (subject to hydrolysis) is 1. The van der Waals surface area contributed by atoms with Crippen molar-refractivity contribution < 1.29 is 43.9 Å². The topological polar surface area (TPSA) is 144 Å². The summed E-state index contributed by atoms with van der Waals surface area (Å²) in [4.78, 5) is 25.1. The van der Waals surface area contributed by atoms with Gasteiger partial charge in [-0.2, -0.15) is 0 Å². The number of amides is 1. The quantitative estimate of drug-likeness (QED) is 0.449. The van der Waals surface area contributed by atoms with Crippen LogP contribution in [-0.2, 0) is 23.7 Å². The number of carbonyl (C=O) groups is 2. The van der Waals surface area contributed by atoms with Crippen LogP contribution in [0.3, 0.4) is 0 Å². The van der Waals surface area contributed by atoms with Crippen LogP contribution < -0.4 is 5.32 Å². The van der Waals surface area contributed by atoms with Crippen LogP contribution in [0.5, 0.6) is 0 Å². The summed E-state index contributed by atoms with van der Waals surface area (Å²) in [6.45, 7) is 9.63. The fraction of sp³-hybridized carbons (Fsp3) is 0.900. The Morgan fingerprint density at radius 3 is 2.27 bits per heavy atom. The van der Waals surface area contributed by atoms with Gasteiger partial charge in [-0.1, -0.05) is 0 Å². The van der Waals surface area contributed by atoms with E-state index in [0.717, 1.165) is 0 Å². The highest BCUT2D eigenvalue weighted by Gasteiger charge is 2.54. The number of hydrogen-bond acceptors (Lipinski definition) is 9. The monoisotopic (exact) mass is 433 g/mol. The molecule has 0 aliphatic carbocycles. The molecule has 0 aromatic heterocycles. The number of rotatable bonds is 5. The molecule has 0 aromatic rings. The van der Waals surface area contributed by atoms with Crippen molar-refractivity contribution in [2.75, 3.05) is 13.2 Å². The maximum absolute atomic E-state index is 12.8. The minimum atomic E-state index is -1.28. The van der Waals surface area contributed by atoms with Gasteiger partial charge in [0.25, 0.3) is 0 Å². The van der Waals surface area contributed by atoms with Crippen molar-refractivity contribution in [3.63, 3.8) is 0 Å². The normalized spacial score (nSPS) is 32.8. The molecule has 4 N–H and O–H groups in total. The van der Waals surface area contributed by atoms with Crippen LogP contribution in [0.15, 0.2) is 0 Å². The third-order valence-electron chi connectivity index (χ3n) is 4.78. The summed E-state index contributed by atoms with van der Waals surface area (Å²) in [5.41, 5.74) is -2.85. The van der Waals surface area contributed by atoms with E-state index >= 15 is 0 Å². The van der Waals surface area contributed by atoms with Crippen LogP contribution in [0.2, 0.25) is 0 Å². The molecule has 2 saturated heterocycles. The highest BCUT2D eigenvalue weighted by molar-refractivity contribution is 5.81. The van der Waals surface area contributed by atoms with Gasteiger partial charge in [-0.25, -0.2) is 9.59 Å². The number of ether oxygens (including phenoxy) is 4. The van der Waals surface area contributed by atoms with Gasteiger partial charge in [-0.05, 0) is 41.5 Å². The lowest BCUT2D eigenvalue weighted by Crippen LogP contribution is -2.52. The number of esters is 1. The fourth-order valence-corrected chi connectivity index (χ4v) is 3.56. The highest BCUT2D eigenvalue weighted by Crippen LogP contribution is 2.40. The molecule has 10 nitrogen and oxygen atoms in total. The van der Waals surface area contributed by atoms with E-state index in [0.29, 0.717) is 0 Å². The molecular formula is C20H35NO9. The number of hydrogen-bond donors (Lipinski definition) is 4. The van der Waals surface area contributed by atoms with Gasteiger partial charge in [0.05, 0.1) is 24.9 Å². The van der Waals surface area contributed by atoms with Gasteiger partial charge >= 0.3 is 12.1 Å². The maximum Gasteiger partial charge on any atom is 0.408 e. The lowest BCUT2D eigenvalue weighted by atomic mass is 9.89. The van der Waals surface area contributed by atoms with E-state index in [4.69, 9.17) is 18.9 Å². The summed E-state index contributed by atoms with van der Waals surface area (Å²) < 4.78 is 22.1. The van der Waals surface area contributed by atoms with Gasteiger partial charge in [0.2, 0.25) is 0 Å². The molecule has 0 aromatic carbocycles. The molecule has 30 heavy (non-hydrogen) atoms. The Balaban J connectivity index is 2.20. The van der Waals surface area contributed by atoms with E-state index < -0.39 is 65.9 Å². The Morgan fingerprint density at radius 1 is 1.13 bits per heavy atom. The molecule has 1 amide bonds. The molecule has 2 aliphatic rings. The molecule has 2 rings (SSSR count). The molecule has 0 unspecified atom stereocenters. The summed E-state index contributed by atoms with van der Waals surface area (Å²) in [6.07, 6.45) is -4.48. The largest absolute Gasteiger partial charge is 0.458 e. The first kappa shape index (κ1) is 24.8. The SMILES string of the molecule is CC(C)(C)OC(=O)N[C@@H](C[C@]1(CO)C[C@H]2OC[C@@H](O)[C@@H](O)[C@H]2O1)C(=O)OC(C)(C)C. The first-order valence-corrected chi connectivity index (χ1v) is 10.1. The maximum atomic E-state index is 12.8. The molecule has 0 spiro atoms. The summed E-state index contributed by atoms with van der Waals surface area (Å²) in [5.74, 6) is -0.707. The van der Waals surface area contributed by atoms with Crippen LogP contribution in [0, 0.1) is 0 Å². The molecule has 6 atom stereocenters. The van der Waals surface area contributed by atoms with Crippen molar-refractivity contribution in [1.82, 2.24) is 5.32 Å². The lowest BCUT2D eigenvalue weighted by Gasteiger charge is -2.34. The van der Waals surface area contributed by atoms with Crippen LogP contribution >= 0.6 is 0 Å². The van der Waals surface area contributed by atoms with E-state index in [1.807, 2.05) is 0 Å². The molecule has 0 bridgehead atoms. The van der Waals surface area contributed by atoms with Crippen molar-refractivity contribution in [3.8, 4) is 0 Å². The second kappa shape index (κ2) is 8.96. The Bertz CT molecular complexity index is 627. The zero-order chi connectivity index (χ0) is 22.9. The Labute approximate surface area is 176 Å². The predicted octanol–water partition coefficient (Wildman–Crippen LogP) is 0.252. The molecule has 2 heterocycles.